The average Bonchev–Trinajstić information content (AvgIpc) is 3.26. The highest BCUT2D eigenvalue weighted by atomic mass is 35.5. The highest BCUT2D eigenvalue weighted by molar-refractivity contribution is 6.36. The minimum absolute atomic E-state index is 0.0404. The Morgan fingerprint density at radius 1 is 1.16 bits per heavy atom. The monoisotopic (exact) mass is 615 g/mol. The van der Waals surface area contributed by atoms with E-state index < -0.39 is 42.5 Å². The van der Waals surface area contributed by atoms with E-state index in [1.54, 1.807) is 36.3 Å². The van der Waals surface area contributed by atoms with Crippen LogP contribution in [0, 0.1) is 5.82 Å². The molecule has 0 aliphatic carbocycles. The number of ether oxygens (including phenoxy) is 1. The number of halogens is 5. The Hall–Kier alpha value is -4.10. The maximum atomic E-state index is 16.4. The lowest BCUT2D eigenvalue weighted by Gasteiger charge is -2.35. The van der Waals surface area contributed by atoms with Crippen LogP contribution in [0.15, 0.2) is 49.2 Å². The molecule has 224 valence electrons. The van der Waals surface area contributed by atoms with Gasteiger partial charge in [-0.2, -0.15) is 9.97 Å². The lowest BCUT2D eigenvalue weighted by atomic mass is 10.0. The number of hydrogen-bond acceptors (Lipinski definition) is 8. The summed E-state index contributed by atoms with van der Waals surface area (Å²) < 4.78 is 63.6. The molecule has 1 amide bonds. The zero-order valence-corrected chi connectivity index (χ0v) is 23.8. The Labute approximate surface area is 248 Å². The first-order valence-electron chi connectivity index (χ1n) is 13.5. The lowest BCUT2D eigenvalue weighted by molar-refractivity contribution is -0.128. The number of amides is 1. The number of carbonyl (C=O) groups excluding carboxylic acids is 1. The van der Waals surface area contributed by atoms with Crippen molar-refractivity contribution in [2.75, 3.05) is 51.3 Å². The standard InChI is InChI=1S/C29H26ClF4N7O2/c1-16(31)27(42)41-8-6-40(7-9-41)26-20-13-36-24(19-12-35-11-17-4-3-5-21(30)22(17)19)23(32)25(20)37-28(38-26)43-14-18-10-29(33,34)15-39(18)2/h3-5,11-13,18H,1,6-10,14-15H2,2H3/t18-/m0/s1. The molecule has 2 aliphatic heterocycles. The molecule has 6 rings (SSSR count). The first kappa shape index (κ1) is 29.0. The second-order valence-corrected chi connectivity index (χ2v) is 11.1. The lowest BCUT2D eigenvalue weighted by Crippen LogP contribution is -2.49. The van der Waals surface area contributed by atoms with Crippen molar-refractivity contribution in [2.24, 2.45) is 0 Å². The molecule has 4 aromatic rings. The summed E-state index contributed by atoms with van der Waals surface area (Å²) in [5, 5.41) is 1.92. The van der Waals surface area contributed by atoms with Gasteiger partial charge in [-0.25, -0.2) is 17.6 Å². The van der Waals surface area contributed by atoms with Gasteiger partial charge in [-0.1, -0.05) is 30.3 Å². The molecule has 14 heteroatoms. The fourth-order valence-electron chi connectivity index (χ4n) is 5.59. The number of alkyl halides is 2. The van der Waals surface area contributed by atoms with E-state index in [1.165, 1.54) is 22.2 Å². The number of nitrogens with zero attached hydrogens (tertiary/aromatic N) is 7. The number of hydrogen-bond donors (Lipinski definition) is 0. The van der Waals surface area contributed by atoms with E-state index in [9.17, 15) is 18.0 Å². The van der Waals surface area contributed by atoms with Crippen LogP contribution >= 0.6 is 11.6 Å². The average molecular weight is 616 g/mol. The molecule has 43 heavy (non-hydrogen) atoms. The van der Waals surface area contributed by atoms with Crippen LogP contribution in [0.4, 0.5) is 23.4 Å². The van der Waals surface area contributed by atoms with Gasteiger partial charge in [-0.3, -0.25) is 19.7 Å². The van der Waals surface area contributed by atoms with Gasteiger partial charge in [-0.05, 0) is 13.1 Å². The Kier molecular flexibility index (Phi) is 7.55. The molecule has 3 aromatic heterocycles. The molecule has 0 bridgehead atoms. The highest BCUT2D eigenvalue weighted by Gasteiger charge is 2.43. The van der Waals surface area contributed by atoms with Gasteiger partial charge >= 0.3 is 6.01 Å². The third-order valence-electron chi connectivity index (χ3n) is 7.77. The predicted molar refractivity (Wildman–Crippen MR) is 154 cm³/mol. The number of anilines is 1. The molecule has 2 saturated heterocycles. The third-order valence-corrected chi connectivity index (χ3v) is 8.09. The minimum Gasteiger partial charge on any atom is -0.462 e. The normalized spacial score (nSPS) is 18.9. The van der Waals surface area contributed by atoms with E-state index >= 15 is 4.39 Å². The number of carbonyl (C=O) groups is 1. The molecule has 0 radical (unpaired) electrons. The van der Waals surface area contributed by atoms with Gasteiger partial charge in [0.15, 0.2) is 11.6 Å². The number of pyridine rings is 2. The van der Waals surface area contributed by atoms with Crippen molar-refractivity contribution in [3.05, 3.63) is 60.0 Å². The minimum atomic E-state index is -2.85. The second kappa shape index (κ2) is 11.2. The fraction of sp³-hybridized carbons (Fsp3) is 0.345. The number of fused-ring (bicyclic) bond motifs is 2. The molecular formula is C29H26ClF4N7O2. The quantitative estimate of drug-likeness (QED) is 0.224. The molecular weight excluding hydrogens is 590 g/mol. The summed E-state index contributed by atoms with van der Waals surface area (Å²) in [6.07, 6.45) is 4.13. The van der Waals surface area contributed by atoms with Gasteiger partial charge < -0.3 is 14.5 Å². The molecule has 1 aromatic carbocycles. The number of rotatable bonds is 6. The summed E-state index contributed by atoms with van der Waals surface area (Å²) in [5.74, 6) is -5.19. The largest absolute Gasteiger partial charge is 0.462 e. The first-order chi connectivity index (χ1) is 20.5. The maximum Gasteiger partial charge on any atom is 0.319 e. The zero-order valence-electron chi connectivity index (χ0n) is 23.0. The molecule has 0 spiro atoms. The van der Waals surface area contributed by atoms with E-state index in [0.29, 0.717) is 21.4 Å². The summed E-state index contributed by atoms with van der Waals surface area (Å²) >= 11 is 6.48. The molecule has 0 saturated carbocycles. The van der Waals surface area contributed by atoms with E-state index in [0.717, 1.165) is 0 Å². The van der Waals surface area contributed by atoms with Crippen LogP contribution in [-0.2, 0) is 4.79 Å². The van der Waals surface area contributed by atoms with Gasteiger partial charge in [0.25, 0.3) is 11.8 Å². The van der Waals surface area contributed by atoms with E-state index in [4.69, 9.17) is 16.3 Å². The number of aromatic nitrogens is 4. The first-order valence-corrected chi connectivity index (χ1v) is 13.9. The summed E-state index contributed by atoms with van der Waals surface area (Å²) in [6.45, 7) is 3.36. The van der Waals surface area contributed by atoms with Crippen LogP contribution in [0.3, 0.4) is 0 Å². The van der Waals surface area contributed by atoms with Gasteiger partial charge in [0.2, 0.25) is 0 Å². The van der Waals surface area contributed by atoms with Crippen molar-refractivity contribution < 1.29 is 27.1 Å². The van der Waals surface area contributed by atoms with Gasteiger partial charge in [0.1, 0.15) is 23.6 Å². The van der Waals surface area contributed by atoms with Gasteiger partial charge in [-0.15, -0.1) is 0 Å². The van der Waals surface area contributed by atoms with Crippen molar-refractivity contribution in [1.82, 2.24) is 29.7 Å². The third kappa shape index (κ3) is 5.54. The number of likely N-dealkylation sites (N-methyl/N-ethyl adjacent to an activating group) is 1. The second-order valence-electron chi connectivity index (χ2n) is 10.7. The Balaban J connectivity index is 1.41. The van der Waals surface area contributed by atoms with Crippen molar-refractivity contribution in [3.63, 3.8) is 0 Å². The molecule has 2 aliphatic rings. The molecule has 5 heterocycles. The smallest absolute Gasteiger partial charge is 0.319 e. The zero-order chi connectivity index (χ0) is 30.5. The Morgan fingerprint density at radius 2 is 1.93 bits per heavy atom. The van der Waals surface area contributed by atoms with Crippen molar-refractivity contribution >= 4 is 45.0 Å². The van der Waals surface area contributed by atoms with Crippen LogP contribution in [0.2, 0.25) is 5.02 Å². The van der Waals surface area contributed by atoms with Crippen molar-refractivity contribution in [3.8, 4) is 17.3 Å². The maximum absolute atomic E-state index is 16.4. The predicted octanol–water partition coefficient (Wildman–Crippen LogP) is 4.88. The van der Waals surface area contributed by atoms with E-state index in [2.05, 4.69) is 26.5 Å². The molecule has 1 atom stereocenters. The Bertz CT molecular complexity index is 1740. The van der Waals surface area contributed by atoms with Gasteiger partial charge in [0.05, 0.1) is 11.9 Å². The summed E-state index contributed by atoms with van der Waals surface area (Å²) in [7, 11) is 1.58. The summed E-state index contributed by atoms with van der Waals surface area (Å²) in [5.41, 5.74) is 0.217. The van der Waals surface area contributed by atoms with E-state index in [1.807, 2.05) is 0 Å². The number of likely N-dealkylation sites (tertiary alicyclic amines) is 1. The van der Waals surface area contributed by atoms with Crippen LogP contribution < -0.4 is 9.64 Å². The molecule has 9 nitrogen and oxygen atoms in total. The molecule has 2 fully saturated rings. The summed E-state index contributed by atoms with van der Waals surface area (Å²) in [6, 6.07) is 4.45. The summed E-state index contributed by atoms with van der Waals surface area (Å²) in [4.78, 5) is 34.2. The van der Waals surface area contributed by atoms with Crippen LogP contribution in [0.25, 0.3) is 32.9 Å². The van der Waals surface area contributed by atoms with Crippen LogP contribution in [0.5, 0.6) is 6.01 Å². The van der Waals surface area contributed by atoms with Gasteiger partial charge in [0, 0.05) is 78.6 Å². The Morgan fingerprint density at radius 3 is 2.63 bits per heavy atom. The number of piperazine rings is 1. The van der Waals surface area contributed by atoms with E-state index in [-0.39, 0.29) is 61.2 Å². The van der Waals surface area contributed by atoms with Crippen molar-refractivity contribution in [2.45, 2.75) is 18.4 Å². The topological polar surface area (TPSA) is 87.6 Å². The molecule has 0 N–H and O–H groups in total. The molecule has 0 unspecified atom stereocenters. The highest BCUT2D eigenvalue weighted by Crippen LogP contribution is 2.37. The van der Waals surface area contributed by atoms with Crippen LogP contribution in [0.1, 0.15) is 6.42 Å². The fourth-order valence-corrected chi connectivity index (χ4v) is 5.88. The van der Waals surface area contributed by atoms with Crippen molar-refractivity contribution in [1.29, 1.82) is 0 Å². The SMILES string of the molecule is C=C(F)C(=O)N1CCN(c2nc(OC[C@@H]3CC(F)(F)CN3C)nc3c(F)c(-c4cncc5cccc(Cl)c45)ncc23)CC1. The van der Waals surface area contributed by atoms with Crippen LogP contribution in [-0.4, -0.2) is 94.0 Å². The number of benzene rings is 1.